The van der Waals surface area contributed by atoms with Gasteiger partial charge in [-0.15, -0.1) is 0 Å². The average molecular weight is 546 g/mol. The molecule has 1 heterocycles. The van der Waals surface area contributed by atoms with E-state index in [1.807, 2.05) is 11.9 Å². The standard InChI is InChI=1S/C27H33ClFN5O4/c1-34(12-11-30)25(27(35)37-3)16-7-9-17(10-8-16)38-23-13-18-21(14-22(23)36-2)31-15-32-26(18)33-20-6-4-5-19(28)24(20)29/h4-6,13-17,25H,7-12,30H2,1-3H3,(H,31,32,33)/t16?,17?,25-/m0/s1. The maximum absolute atomic E-state index is 14.5. The van der Waals surface area contributed by atoms with Gasteiger partial charge in [0.05, 0.1) is 36.6 Å². The van der Waals surface area contributed by atoms with Crippen molar-refractivity contribution in [1.82, 2.24) is 14.9 Å². The van der Waals surface area contributed by atoms with Crippen LogP contribution in [0.3, 0.4) is 0 Å². The van der Waals surface area contributed by atoms with Crippen molar-refractivity contribution >= 4 is 40.0 Å². The number of fused-ring (bicyclic) bond motifs is 1. The lowest BCUT2D eigenvalue weighted by Crippen LogP contribution is -2.48. The number of esters is 1. The van der Waals surface area contributed by atoms with Crippen molar-refractivity contribution in [3.8, 4) is 11.5 Å². The molecule has 1 saturated carbocycles. The zero-order valence-electron chi connectivity index (χ0n) is 21.7. The molecule has 1 aromatic heterocycles. The minimum Gasteiger partial charge on any atom is -0.493 e. The first-order valence-corrected chi connectivity index (χ1v) is 12.9. The molecule has 0 saturated heterocycles. The van der Waals surface area contributed by atoms with Gasteiger partial charge in [-0.05, 0) is 56.8 Å². The van der Waals surface area contributed by atoms with E-state index in [1.54, 1.807) is 31.4 Å². The third kappa shape index (κ3) is 6.09. The van der Waals surface area contributed by atoms with Crippen LogP contribution in [0.2, 0.25) is 5.02 Å². The number of hydrogen-bond donors (Lipinski definition) is 2. The summed E-state index contributed by atoms with van der Waals surface area (Å²) >= 11 is 5.94. The van der Waals surface area contributed by atoms with Crippen LogP contribution in [0, 0.1) is 11.7 Å². The number of hydrogen-bond acceptors (Lipinski definition) is 9. The summed E-state index contributed by atoms with van der Waals surface area (Å²) in [6.07, 6.45) is 4.47. The van der Waals surface area contributed by atoms with E-state index in [0.29, 0.717) is 41.3 Å². The third-order valence-corrected chi connectivity index (χ3v) is 7.28. The van der Waals surface area contributed by atoms with E-state index in [9.17, 15) is 9.18 Å². The summed E-state index contributed by atoms with van der Waals surface area (Å²) in [5, 5.41) is 3.67. The first-order valence-electron chi connectivity index (χ1n) is 12.5. The summed E-state index contributed by atoms with van der Waals surface area (Å²) in [5.41, 5.74) is 6.53. The Morgan fingerprint density at radius 2 is 1.97 bits per heavy atom. The second-order valence-corrected chi connectivity index (χ2v) is 9.77. The Balaban J connectivity index is 1.54. The highest BCUT2D eigenvalue weighted by atomic mass is 35.5. The van der Waals surface area contributed by atoms with Crippen LogP contribution in [-0.2, 0) is 9.53 Å². The zero-order valence-corrected chi connectivity index (χ0v) is 22.5. The van der Waals surface area contributed by atoms with Gasteiger partial charge in [0.2, 0.25) is 0 Å². The van der Waals surface area contributed by atoms with E-state index in [0.717, 1.165) is 25.7 Å². The van der Waals surface area contributed by atoms with Crippen molar-refractivity contribution in [3.63, 3.8) is 0 Å². The molecule has 9 nitrogen and oxygen atoms in total. The molecule has 3 N–H and O–H groups in total. The Labute approximate surface area is 226 Å². The average Bonchev–Trinajstić information content (AvgIpc) is 2.92. The summed E-state index contributed by atoms with van der Waals surface area (Å²) in [6.45, 7) is 1.08. The molecule has 0 bridgehead atoms. The van der Waals surface area contributed by atoms with Crippen molar-refractivity contribution in [2.24, 2.45) is 11.7 Å². The number of methoxy groups -OCH3 is 2. The number of carbonyl (C=O) groups excluding carboxylic acids is 1. The largest absolute Gasteiger partial charge is 0.493 e. The molecule has 11 heteroatoms. The predicted molar refractivity (Wildman–Crippen MR) is 145 cm³/mol. The lowest BCUT2D eigenvalue weighted by molar-refractivity contribution is -0.149. The highest BCUT2D eigenvalue weighted by molar-refractivity contribution is 6.31. The number of nitrogens with one attached hydrogen (secondary N) is 1. The van der Waals surface area contributed by atoms with Crippen LogP contribution < -0.4 is 20.5 Å². The molecular formula is C27H33ClFN5O4. The number of halogens is 2. The van der Waals surface area contributed by atoms with E-state index >= 15 is 0 Å². The fourth-order valence-electron chi connectivity index (χ4n) is 5.04. The second kappa shape index (κ2) is 12.6. The molecule has 0 aliphatic heterocycles. The van der Waals surface area contributed by atoms with E-state index in [1.165, 1.54) is 19.5 Å². The summed E-state index contributed by atoms with van der Waals surface area (Å²) in [5.74, 6) is 0.832. The first kappa shape index (κ1) is 27.8. The molecule has 0 amide bonds. The summed E-state index contributed by atoms with van der Waals surface area (Å²) < 4.78 is 31.6. The molecule has 38 heavy (non-hydrogen) atoms. The Kier molecular flexibility index (Phi) is 9.19. The summed E-state index contributed by atoms with van der Waals surface area (Å²) in [6, 6.07) is 7.96. The number of nitrogens with two attached hydrogens (primary N) is 1. The fourth-order valence-corrected chi connectivity index (χ4v) is 5.22. The highest BCUT2D eigenvalue weighted by Crippen LogP contribution is 2.38. The molecule has 204 valence electrons. The van der Waals surface area contributed by atoms with E-state index in [-0.39, 0.29) is 34.7 Å². The van der Waals surface area contributed by atoms with Gasteiger partial charge >= 0.3 is 5.97 Å². The Morgan fingerprint density at radius 3 is 2.66 bits per heavy atom. The van der Waals surface area contributed by atoms with Gasteiger partial charge in [-0.3, -0.25) is 9.69 Å². The van der Waals surface area contributed by atoms with Crippen molar-refractivity contribution in [2.75, 3.05) is 39.7 Å². The number of nitrogens with zero attached hydrogens (tertiary/aromatic N) is 3. The van der Waals surface area contributed by atoms with Crippen LogP contribution in [-0.4, -0.2) is 67.3 Å². The van der Waals surface area contributed by atoms with Crippen molar-refractivity contribution < 1.29 is 23.4 Å². The molecule has 1 aliphatic carbocycles. The van der Waals surface area contributed by atoms with Crippen LogP contribution in [0.15, 0.2) is 36.7 Å². The number of rotatable bonds is 10. The lowest BCUT2D eigenvalue weighted by atomic mass is 9.82. The molecule has 0 radical (unpaired) electrons. The fraction of sp³-hybridized carbons (Fsp3) is 0.444. The maximum Gasteiger partial charge on any atom is 0.323 e. The summed E-state index contributed by atoms with van der Waals surface area (Å²) in [4.78, 5) is 23.1. The Hall–Kier alpha value is -3.21. The molecule has 1 aliphatic rings. The predicted octanol–water partition coefficient (Wildman–Crippen LogP) is 4.54. The van der Waals surface area contributed by atoms with Crippen LogP contribution in [0.1, 0.15) is 25.7 Å². The number of anilines is 2. The third-order valence-electron chi connectivity index (χ3n) is 6.98. The molecule has 2 aromatic carbocycles. The van der Waals surface area contributed by atoms with Crippen LogP contribution in [0.5, 0.6) is 11.5 Å². The van der Waals surface area contributed by atoms with E-state index in [4.69, 9.17) is 31.5 Å². The number of aromatic nitrogens is 2. The molecule has 1 fully saturated rings. The molecule has 0 spiro atoms. The van der Waals surface area contributed by atoms with Gasteiger partial charge in [0, 0.05) is 24.5 Å². The number of carbonyl (C=O) groups is 1. The molecule has 0 unspecified atom stereocenters. The van der Waals surface area contributed by atoms with Gasteiger partial charge in [-0.2, -0.15) is 0 Å². The minimum atomic E-state index is -0.565. The Bertz CT molecular complexity index is 1270. The zero-order chi connectivity index (χ0) is 27.2. The van der Waals surface area contributed by atoms with Gasteiger partial charge in [0.25, 0.3) is 0 Å². The normalized spacial score (nSPS) is 18.3. The van der Waals surface area contributed by atoms with Crippen molar-refractivity contribution in [2.45, 2.75) is 37.8 Å². The van der Waals surface area contributed by atoms with E-state index in [2.05, 4.69) is 15.3 Å². The van der Waals surface area contributed by atoms with Crippen LogP contribution in [0.25, 0.3) is 10.9 Å². The van der Waals surface area contributed by atoms with Gasteiger partial charge in [-0.25, -0.2) is 14.4 Å². The quantitative estimate of drug-likeness (QED) is 0.354. The lowest BCUT2D eigenvalue weighted by Gasteiger charge is -2.36. The maximum atomic E-state index is 14.5. The van der Waals surface area contributed by atoms with E-state index < -0.39 is 5.82 Å². The van der Waals surface area contributed by atoms with Crippen molar-refractivity contribution in [3.05, 3.63) is 47.5 Å². The smallest absolute Gasteiger partial charge is 0.323 e. The second-order valence-electron chi connectivity index (χ2n) is 9.36. The van der Waals surface area contributed by atoms with Crippen molar-refractivity contribution in [1.29, 1.82) is 0 Å². The van der Waals surface area contributed by atoms with Crippen LogP contribution in [0.4, 0.5) is 15.9 Å². The monoisotopic (exact) mass is 545 g/mol. The molecule has 3 aromatic rings. The van der Waals surface area contributed by atoms with Gasteiger partial charge < -0.3 is 25.3 Å². The topological polar surface area (TPSA) is 112 Å². The molecule has 1 atom stereocenters. The minimum absolute atomic E-state index is 0.0123. The number of benzene rings is 2. The number of likely N-dealkylation sites (N-methyl/N-ethyl adjacent to an activating group) is 1. The first-order chi connectivity index (χ1) is 18.4. The van der Waals surface area contributed by atoms with Crippen LogP contribution >= 0.6 is 11.6 Å². The highest BCUT2D eigenvalue weighted by Gasteiger charge is 2.36. The molecular weight excluding hydrogens is 513 g/mol. The summed E-state index contributed by atoms with van der Waals surface area (Å²) in [7, 11) is 4.89. The number of ether oxygens (including phenoxy) is 3. The van der Waals surface area contributed by atoms with Gasteiger partial charge in [-0.1, -0.05) is 17.7 Å². The SMILES string of the molecule is COC(=O)[C@H](C1CCC(Oc2cc3c(Nc4cccc(Cl)c4F)ncnc3cc2OC)CC1)N(C)CCN. The molecule has 4 rings (SSSR count). The van der Waals surface area contributed by atoms with Gasteiger partial charge in [0.15, 0.2) is 17.3 Å². The Morgan fingerprint density at radius 1 is 1.21 bits per heavy atom. The van der Waals surface area contributed by atoms with Gasteiger partial charge in [0.1, 0.15) is 18.2 Å².